The number of hydrogen-bond acceptors (Lipinski definition) is 7. The second kappa shape index (κ2) is 16.3. The predicted octanol–water partition coefficient (Wildman–Crippen LogP) is 4.76. The minimum atomic E-state index is -4.95. The maximum Gasteiger partial charge on any atom is 0.471 e. The largest absolute Gasteiger partial charge is 0.471 e. The molecule has 1 aliphatic heterocycles. The van der Waals surface area contributed by atoms with E-state index in [2.05, 4.69) is 15.3 Å². The third-order valence-electron chi connectivity index (χ3n) is 7.75. The van der Waals surface area contributed by atoms with Gasteiger partial charge in [0.1, 0.15) is 0 Å². The summed E-state index contributed by atoms with van der Waals surface area (Å²) in [5.41, 5.74) is 2.73. The number of aliphatic hydroxyl groups excluding tert-OH is 1. The number of amides is 1. The Balaban J connectivity index is 1.76. The van der Waals surface area contributed by atoms with Crippen LogP contribution >= 0.6 is 0 Å². The van der Waals surface area contributed by atoms with E-state index in [4.69, 9.17) is 14.8 Å². The van der Waals surface area contributed by atoms with Crippen LogP contribution in [-0.4, -0.2) is 94.3 Å². The highest BCUT2D eigenvalue weighted by Gasteiger charge is 2.42. The number of aryl methyl sites for hydroxylation is 2. The summed E-state index contributed by atoms with van der Waals surface area (Å²) in [6.45, 7) is 7.33. The van der Waals surface area contributed by atoms with Gasteiger partial charge < -0.3 is 25.0 Å². The van der Waals surface area contributed by atoms with Gasteiger partial charge >= 0.3 is 12.1 Å². The van der Waals surface area contributed by atoms with Crippen LogP contribution in [0.4, 0.5) is 18.9 Å². The number of aromatic nitrogens is 3. The number of aliphatic hydroxyl groups is 1. The molecule has 0 aliphatic carbocycles. The molecule has 3 rings (SSSR count). The maximum absolute atomic E-state index is 13.7. The third-order valence-corrected chi connectivity index (χ3v) is 7.75. The number of unbranched alkanes of at least 4 members (excludes halogenated alkanes) is 5. The molecule has 1 fully saturated rings. The number of nitrogens with one attached hydrogen (secondary N) is 1. The number of likely N-dealkylation sites (N-methyl/N-ethyl adjacent to an activating group) is 1. The monoisotopic (exact) mass is 584 g/mol. The molecule has 2 aromatic rings. The summed E-state index contributed by atoms with van der Waals surface area (Å²) in [4.78, 5) is 20.5. The van der Waals surface area contributed by atoms with Crippen LogP contribution in [0, 0.1) is 0 Å². The zero-order valence-corrected chi connectivity index (χ0v) is 24.8. The summed E-state index contributed by atoms with van der Waals surface area (Å²) < 4.78 is 48.5. The maximum atomic E-state index is 13.7. The van der Waals surface area contributed by atoms with Gasteiger partial charge in [-0.25, -0.2) is 9.67 Å². The molecule has 1 aliphatic rings. The first-order chi connectivity index (χ1) is 19.7. The lowest BCUT2D eigenvalue weighted by molar-refractivity contribution is -0.186. The summed E-state index contributed by atoms with van der Waals surface area (Å²) in [7, 11) is 1.97. The molecule has 2 N–H and O–H groups in total. The van der Waals surface area contributed by atoms with Gasteiger partial charge in [0.05, 0.1) is 23.9 Å². The SMILES string of the molecule is CCc1nc2c(cnn2CC)c(NC2CCOCC2)c1CN(CCCCCCCCN(C)CCO)C(=O)C(F)(F)F. The lowest BCUT2D eigenvalue weighted by Crippen LogP contribution is -2.41. The Morgan fingerprint density at radius 1 is 1.10 bits per heavy atom. The number of nitrogens with zero attached hydrogens (tertiary/aromatic N) is 5. The number of anilines is 1. The average molecular weight is 585 g/mol. The van der Waals surface area contributed by atoms with Gasteiger partial charge in [0.2, 0.25) is 0 Å². The highest BCUT2D eigenvalue weighted by Crippen LogP contribution is 2.33. The normalized spacial score (nSPS) is 14.7. The van der Waals surface area contributed by atoms with Crippen LogP contribution in [-0.2, 0) is 29.0 Å². The average Bonchev–Trinajstić information content (AvgIpc) is 3.37. The van der Waals surface area contributed by atoms with Gasteiger partial charge in [-0.2, -0.15) is 18.3 Å². The Morgan fingerprint density at radius 3 is 2.37 bits per heavy atom. The van der Waals surface area contributed by atoms with E-state index in [1.807, 2.05) is 20.9 Å². The predicted molar refractivity (Wildman–Crippen MR) is 154 cm³/mol. The van der Waals surface area contributed by atoms with Gasteiger partial charge in [0.25, 0.3) is 0 Å². The summed E-state index contributed by atoms with van der Waals surface area (Å²) in [5.74, 6) is -1.81. The van der Waals surface area contributed by atoms with Crippen LogP contribution in [0.25, 0.3) is 11.0 Å². The van der Waals surface area contributed by atoms with E-state index < -0.39 is 12.1 Å². The van der Waals surface area contributed by atoms with Gasteiger partial charge in [-0.15, -0.1) is 0 Å². The minimum absolute atomic E-state index is 0.0315. The molecule has 3 heterocycles. The molecule has 2 aromatic heterocycles. The van der Waals surface area contributed by atoms with Crippen LogP contribution in [0.5, 0.6) is 0 Å². The van der Waals surface area contributed by atoms with Crippen LogP contribution in [0.2, 0.25) is 0 Å². The van der Waals surface area contributed by atoms with Crippen molar-refractivity contribution in [1.29, 1.82) is 0 Å². The number of pyridine rings is 1. The molecular weight excluding hydrogens is 537 g/mol. The van der Waals surface area contributed by atoms with E-state index >= 15 is 0 Å². The Kier molecular flexibility index (Phi) is 13.1. The molecule has 0 bridgehead atoms. The van der Waals surface area contributed by atoms with E-state index in [1.165, 1.54) is 0 Å². The van der Waals surface area contributed by atoms with Crippen molar-refractivity contribution in [3.05, 3.63) is 17.5 Å². The third kappa shape index (κ3) is 9.54. The standard InChI is InChI=1S/C29H47F3N6O3/c1-4-25-24(26(34-22-12-18-41-19-13-22)23-20-33-38(5-2)27(23)35-25)21-37(28(40)29(30,31)32)15-11-9-7-6-8-10-14-36(3)16-17-39/h20,22,39H,4-19,21H2,1-3H3,(H,34,35). The molecule has 0 radical (unpaired) electrons. The van der Waals surface area contributed by atoms with E-state index in [9.17, 15) is 18.0 Å². The Morgan fingerprint density at radius 2 is 1.76 bits per heavy atom. The molecule has 0 aromatic carbocycles. The van der Waals surface area contributed by atoms with Crippen molar-refractivity contribution < 1.29 is 27.8 Å². The Bertz CT molecular complexity index is 1090. The Labute approximate surface area is 241 Å². The number of halogens is 3. The van der Waals surface area contributed by atoms with Gasteiger partial charge in [-0.3, -0.25) is 4.79 Å². The minimum Gasteiger partial charge on any atom is -0.395 e. The summed E-state index contributed by atoms with van der Waals surface area (Å²) in [5, 5.41) is 17.8. The zero-order chi connectivity index (χ0) is 29.8. The smallest absolute Gasteiger partial charge is 0.395 e. The zero-order valence-electron chi connectivity index (χ0n) is 24.8. The second-order valence-electron chi connectivity index (χ2n) is 10.9. The van der Waals surface area contributed by atoms with Gasteiger partial charge in [-0.1, -0.05) is 32.6 Å². The van der Waals surface area contributed by atoms with Crippen molar-refractivity contribution in [1.82, 2.24) is 24.6 Å². The van der Waals surface area contributed by atoms with Crippen molar-refractivity contribution in [2.75, 3.05) is 51.8 Å². The number of fused-ring (bicyclic) bond motifs is 1. The van der Waals surface area contributed by atoms with Crippen LogP contribution in [0.1, 0.15) is 76.5 Å². The molecule has 12 heteroatoms. The highest BCUT2D eigenvalue weighted by atomic mass is 19.4. The summed E-state index contributed by atoms with van der Waals surface area (Å²) >= 11 is 0. The highest BCUT2D eigenvalue weighted by molar-refractivity contribution is 5.92. The van der Waals surface area contributed by atoms with Crippen LogP contribution < -0.4 is 5.32 Å². The number of hydrogen-bond donors (Lipinski definition) is 2. The topological polar surface area (TPSA) is 95.8 Å². The lowest BCUT2D eigenvalue weighted by atomic mass is 10.0. The fourth-order valence-corrected chi connectivity index (χ4v) is 5.38. The summed E-state index contributed by atoms with van der Waals surface area (Å²) in [6.07, 6.45) is 4.04. The van der Waals surface area contributed by atoms with Crippen molar-refractivity contribution in [2.24, 2.45) is 0 Å². The number of carbonyl (C=O) groups is 1. The molecule has 232 valence electrons. The first kappa shape index (κ1) is 33.1. The van der Waals surface area contributed by atoms with Crippen LogP contribution in [0.15, 0.2) is 6.20 Å². The molecule has 0 atom stereocenters. The van der Waals surface area contributed by atoms with Gasteiger partial charge in [0.15, 0.2) is 5.65 Å². The lowest BCUT2D eigenvalue weighted by Gasteiger charge is -2.29. The molecule has 1 saturated heterocycles. The van der Waals surface area contributed by atoms with Gasteiger partial charge in [-0.05, 0) is 52.6 Å². The molecule has 9 nitrogen and oxygen atoms in total. The van der Waals surface area contributed by atoms with Gasteiger partial charge in [0, 0.05) is 56.7 Å². The molecule has 1 amide bonds. The number of alkyl halides is 3. The summed E-state index contributed by atoms with van der Waals surface area (Å²) in [6, 6.07) is 0.109. The van der Waals surface area contributed by atoms with E-state index in [0.717, 1.165) is 67.5 Å². The second-order valence-corrected chi connectivity index (χ2v) is 10.9. The van der Waals surface area contributed by atoms with E-state index in [-0.39, 0.29) is 25.7 Å². The number of rotatable bonds is 17. The fraction of sp³-hybridized carbons (Fsp3) is 0.759. The molecule has 0 spiro atoms. The van der Waals surface area contributed by atoms with Crippen molar-refractivity contribution in [3.63, 3.8) is 0 Å². The van der Waals surface area contributed by atoms with Crippen molar-refractivity contribution in [3.8, 4) is 0 Å². The van der Waals surface area contributed by atoms with Crippen molar-refractivity contribution in [2.45, 2.75) is 96.9 Å². The fourth-order valence-electron chi connectivity index (χ4n) is 5.38. The van der Waals surface area contributed by atoms with Crippen molar-refractivity contribution >= 4 is 22.6 Å². The first-order valence-corrected chi connectivity index (χ1v) is 15.1. The first-order valence-electron chi connectivity index (χ1n) is 15.1. The van der Waals surface area contributed by atoms with E-state index in [0.29, 0.717) is 56.0 Å². The quantitative estimate of drug-likeness (QED) is 0.259. The molecular formula is C29H47F3N6O3. The molecule has 0 saturated carbocycles. The number of ether oxygens (including phenoxy) is 1. The number of carbonyl (C=O) groups excluding carboxylic acids is 1. The van der Waals surface area contributed by atoms with Crippen LogP contribution in [0.3, 0.4) is 0 Å². The molecule has 41 heavy (non-hydrogen) atoms. The van der Waals surface area contributed by atoms with E-state index in [1.54, 1.807) is 10.9 Å². The Hall–Kier alpha value is -2.44. The molecule has 0 unspecified atom stereocenters.